The number of aliphatic hydroxyl groups is 2. The lowest BCUT2D eigenvalue weighted by atomic mass is 9.44. The zero-order valence-electron chi connectivity index (χ0n) is 40.2. The van der Waals surface area contributed by atoms with Crippen molar-refractivity contribution >= 4 is 57.9 Å². The highest BCUT2D eigenvalue weighted by atomic mass is 16.6. The number of hydrogen-bond donors (Lipinski definition) is 5. The number of Topliss-reactive ketones (excluding diaryl/α,β-unsaturated/α-hetero) is 1. The van der Waals surface area contributed by atoms with Gasteiger partial charge in [-0.25, -0.2) is 4.79 Å². The topological polar surface area (TPSA) is 235 Å². The Morgan fingerprint density at radius 1 is 0.926 bits per heavy atom. The second-order valence-corrected chi connectivity index (χ2v) is 20.5. The smallest absolute Gasteiger partial charge is 0.331 e. The van der Waals surface area contributed by atoms with Crippen molar-refractivity contribution in [3.8, 4) is 0 Å². The molecule has 4 amide bonds. The van der Waals surface area contributed by atoms with E-state index >= 15 is 0 Å². The van der Waals surface area contributed by atoms with E-state index in [0.717, 1.165) is 16.3 Å². The number of likely N-dealkylation sites (tertiary alicyclic amines) is 1. The molecule has 1 unspecified atom stereocenters. The molecular formula is C52H66N4O12. The molecule has 7 rings (SSSR count). The number of hydrogen-bond acceptors (Lipinski definition) is 12. The van der Waals surface area contributed by atoms with Gasteiger partial charge in [0, 0.05) is 35.3 Å². The first kappa shape index (κ1) is 50.1. The molecule has 366 valence electrons. The molecule has 2 aromatic rings. The van der Waals surface area contributed by atoms with Gasteiger partial charge in [0.2, 0.25) is 23.5 Å². The molecule has 68 heavy (non-hydrogen) atoms. The van der Waals surface area contributed by atoms with Crippen molar-refractivity contribution in [2.24, 2.45) is 40.4 Å². The fraction of sp³-hybridized carbons (Fsp3) is 0.577. The van der Waals surface area contributed by atoms with Crippen molar-refractivity contribution in [1.29, 1.82) is 0 Å². The lowest BCUT2D eigenvalue weighted by molar-refractivity contribution is -0.215. The Labute approximate surface area is 397 Å². The highest BCUT2D eigenvalue weighted by Gasteiger charge is 2.72. The predicted octanol–water partition coefficient (Wildman–Crippen LogP) is 4.24. The third-order valence-electron chi connectivity index (χ3n) is 15.9. The molecule has 13 atom stereocenters. The lowest BCUT2D eigenvalue weighted by Crippen LogP contribution is -2.64. The summed E-state index contributed by atoms with van der Waals surface area (Å²) in [5.41, 5.74) is -2.45. The van der Waals surface area contributed by atoms with Gasteiger partial charge in [-0.3, -0.25) is 33.6 Å². The summed E-state index contributed by atoms with van der Waals surface area (Å²) in [5, 5.41) is 33.4. The lowest BCUT2D eigenvalue weighted by Gasteiger charge is -2.61. The molecular weight excluding hydrogens is 873 g/mol. The van der Waals surface area contributed by atoms with Crippen molar-refractivity contribution in [3.05, 3.63) is 71.8 Å². The molecule has 4 fully saturated rings. The number of esters is 2. The van der Waals surface area contributed by atoms with E-state index in [0.29, 0.717) is 24.8 Å². The van der Waals surface area contributed by atoms with E-state index in [-0.39, 0.29) is 61.7 Å². The van der Waals surface area contributed by atoms with E-state index < -0.39 is 100 Å². The number of carbonyl (C=O) groups is 8. The summed E-state index contributed by atoms with van der Waals surface area (Å²) in [6.07, 6.45) is 3.39. The molecule has 2 aromatic carbocycles. The first-order chi connectivity index (χ1) is 32.1. The number of aliphatic hydroxyl groups excluding tert-OH is 2. The van der Waals surface area contributed by atoms with Gasteiger partial charge in [-0.2, -0.15) is 0 Å². The SMILES string of the molecule is CCC(=O)O[C@]1(C(=O)C(O)OC(=O)[C@@H](NC(=O)[C@@H]2CCCN2C(=O)[C@H](C)NC(=O)[C@H](C)NC(=O)c2ccc3ccccc3c2)C(C)C)CC[C@H]2[C@@H]3C[C@H](C)C4=CC(=O)C=C[C@]4(C)[C@H]3[C@@H](O)C[C@@]21C. The van der Waals surface area contributed by atoms with Crippen LogP contribution in [0.15, 0.2) is 66.3 Å². The number of ether oxygens (including phenoxy) is 2. The Morgan fingerprint density at radius 2 is 1.63 bits per heavy atom. The van der Waals surface area contributed by atoms with Gasteiger partial charge in [0.05, 0.1) is 6.10 Å². The van der Waals surface area contributed by atoms with Crippen LogP contribution in [0.3, 0.4) is 0 Å². The Kier molecular flexibility index (Phi) is 14.3. The number of benzene rings is 2. The summed E-state index contributed by atoms with van der Waals surface area (Å²) in [4.78, 5) is 110. The van der Waals surface area contributed by atoms with Gasteiger partial charge in [-0.1, -0.05) is 83.5 Å². The van der Waals surface area contributed by atoms with Gasteiger partial charge in [0.25, 0.3) is 12.2 Å². The number of nitrogens with zero attached hydrogens (tertiary/aromatic N) is 1. The molecule has 1 aliphatic heterocycles. The number of amides is 4. The van der Waals surface area contributed by atoms with Crippen LogP contribution in [0, 0.1) is 40.4 Å². The second-order valence-electron chi connectivity index (χ2n) is 20.5. The Bertz CT molecular complexity index is 2450. The summed E-state index contributed by atoms with van der Waals surface area (Å²) in [7, 11) is 0. The van der Waals surface area contributed by atoms with Gasteiger partial charge >= 0.3 is 11.9 Å². The summed E-state index contributed by atoms with van der Waals surface area (Å²) >= 11 is 0. The Balaban J connectivity index is 1.00. The van der Waals surface area contributed by atoms with Crippen LogP contribution in [0.1, 0.15) is 111 Å². The first-order valence-corrected chi connectivity index (χ1v) is 24.1. The molecule has 4 aliphatic carbocycles. The van der Waals surface area contributed by atoms with E-state index in [4.69, 9.17) is 9.47 Å². The third kappa shape index (κ3) is 9.01. The van der Waals surface area contributed by atoms with Crippen LogP contribution in [0.5, 0.6) is 0 Å². The number of allylic oxidation sites excluding steroid dienone is 4. The number of carbonyl (C=O) groups excluding carboxylic acids is 8. The van der Waals surface area contributed by atoms with Crippen LogP contribution in [0.25, 0.3) is 10.8 Å². The van der Waals surface area contributed by atoms with Gasteiger partial charge in [-0.15, -0.1) is 0 Å². The minimum absolute atomic E-state index is 0.0129. The molecule has 0 radical (unpaired) electrons. The van der Waals surface area contributed by atoms with Gasteiger partial charge in [0.15, 0.2) is 11.4 Å². The second kappa shape index (κ2) is 19.3. The highest BCUT2D eigenvalue weighted by Crippen LogP contribution is 2.68. The van der Waals surface area contributed by atoms with Crippen LogP contribution < -0.4 is 16.0 Å². The van der Waals surface area contributed by atoms with Crippen molar-refractivity contribution < 1.29 is 58.0 Å². The quantitative estimate of drug-likeness (QED) is 0.132. The molecule has 0 bridgehead atoms. The number of fused-ring (bicyclic) bond motifs is 6. The van der Waals surface area contributed by atoms with E-state index in [1.54, 1.807) is 45.9 Å². The van der Waals surface area contributed by atoms with E-state index in [2.05, 4.69) is 16.0 Å². The van der Waals surface area contributed by atoms with Gasteiger partial charge in [-0.05, 0) is 111 Å². The number of ketones is 2. The maximum atomic E-state index is 14.7. The van der Waals surface area contributed by atoms with E-state index in [1.807, 2.05) is 50.3 Å². The van der Waals surface area contributed by atoms with Crippen LogP contribution in [0.4, 0.5) is 0 Å². The minimum Gasteiger partial charge on any atom is -0.450 e. The summed E-state index contributed by atoms with van der Waals surface area (Å²) < 4.78 is 11.6. The Morgan fingerprint density at radius 3 is 2.32 bits per heavy atom. The average molecular weight is 939 g/mol. The molecule has 16 heteroatoms. The summed E-state index contributed by atoms with van der Waals surface area (Å²) in [6, 6.07) is 8.25. The Hall–Kier alpha value is -5.74. The molecule has 1 saturated heterocycles. The van der Waals surface area contributed by atoms with Gasteiger partial charge < -0.3 is 40.5 Å². The molecule has 16 nitrogen and oxygen atoms in total. The molecule has 3 saturated carbocycles. The van der Waals surface area contributed by atoms with Crippen LogP contribution in [-0.2, 0) is 43.0 Å². The molecule has 0 spiro atoms. The zero-order chi connectivity index (χ0) is 49.6. The van der Waals surface area contributed by atoms with Crippen LogP contribution >= 0.6 is 0 Å². The standard InChI is InChI=1S/C52H66N4O12/c1-9-40(59)68-52(21-19-36-35-23-28(4)37-25-34(57)18-20-50(37,7)41(35)39(58)26-51(36,52)8)43(60)49(66)67-48(65)42(27(2)3)55-46(63)38-15-12-22-56(38)47(64)30(6)54-44(61)29(5)53-45(62)33-17-16-31-13-10-11-14-32(31)24-33/h10-11,13-14,16-18,20,24-25,27-30,35-36,38-39,41-42,49,58,66H,9,12,15,19,21-23,26H2,1-8H3,(H,53,62)(H,54,61)(H,55,63)/t28-,29-,30-,35-,36-,38-,39-,41+,42-,49?,50-,51-,52-/m0/s1. The average Bonchev–Trinajstić information content (AvgIpc) is 3.90. The monoisotopic (exact) mass is 938 g/mol. The minimum atomic E-state index is -2.41. The largest absolute Gasteiger partial charge is 0.450 e. The predicted molar refractivity (Wildman–Crippen MR) is 249 cm³/mol. The van der Waals surface area contributed by atoms with Crippen molar-refractivity contribution in [1.82, 2.24) is 20.9 Å². The van der Waals surface area contributed by atoms with Crippen LogP contribution in [0.2, 0.25) is 0 Å². The summed E-state index contributed by atoms with van der Waals surface area (Å²) in [5.74, 6) is -6.61. The van der Waals surface area contributed by atoms with Crippen LogP contribution in [-0.4, -0.2) is 111 Å². The number of nitrogens with one attached hydrogen (secondary N) is 3. The number of rotatable bonds is 14. The molecule has 5 N–H and O–H groups in total. The fourth-order valence-electron chi connectivity index (χ4n) is 12.4. The zero-order valence-corrected chi connectivity index (χ0v) is 40.2. The molecule has 0 aromatic heterocycles. The molecule has 1 heterocycles. The normalized spacial score (nSPS) is 31.2. The van der Waals surface area contributed by atoms with Crippen molar-refractivity contribution in [3.63, 3.8) is 0 Å². The van der Waals surface area contributed by atoms with Crippen molar-refractivity contribution in [2.45, 2.75) is 142 Å². The first-order valence-electron chi connectivity index (χ1n) is 24.1. The van der Waals surface area contributed by atoms with E-state index in [1.165, 1.54) is 24.8 Å². The van der Waals surface area contributed by atoms with E-state index in [9.17, 15) is 48.6 Å². The summed E-state index contributed by atoms with van der Waals surface area (Å²) in [6.45, 7) is 13.9. The van der Waals surface area contributed by atoms with Crippen molar-refractivity contribution in [2.75, 3.05) is 6.54 Å². The highest BCUT2D eigenvalue weighted by molar-refractivity contribution is 6.02. The maximum absolute atomic E-state index is 14.7. The molecule has 5 aliphatic rings. The fourth-order valence-corrected chi connectivity index (χ4v) is 12.4. The van der Waals surface area contributed by atoms with Gasteiger partial charge in [0.1, 0.15) is 24.2 Å². The maximum Gasteiger partial charge on any atom is 0.331 e. The third-order valence-corrected chi connectivity index (χ3v) is 15.9.